The van der Waals surface area contributed by atoms with Crippen LogP contribution in [0.1, 0.15) is 64.9 Å². The van der Waals surface area contributed by atoms with Gasteiger partial charge in [0.15, 0.2) is 29.7 Å². The summed E-state index contributed by atoms with van der Waals surface area (Å²) in [5.41, 5.74) is 4.37. The van der Waals surface area contributed by atoms with Crippen molar-refractivity contribution >= 4 is 45.8 Å². The molecule has 8 heteroatoms. The number of anilines is 1. The number of ether oxygens (including phenoxy) is 2. The molecule has 210 valence electrons. The lowest BCUT2D eigenvalue weighted by molar-refractivity contribution is -0.119. The van der Waals surface area contributed by atoms with E-state index in [4.69, 9.17) is 9.47 Å². The highest BCUT2D eigenvalue weighted by molar-refractivity contribution is 14.1. The van der Waals surface area contributed by atoms with Gasteiger partial charge in [-0.1, -0.05) is 45.9 Å². The van der Waals surface area contributed by atoms with Crippen molar-refractivity contribution in [1.82, 2.24) is 5.32 Å². The van der Waals surface area contributed by atoms with E-state index in [-0.39, 0.29) is 34.9 Å². The molecule has 40 heavy (non-hydrogen) atoms. The molecule has 0 atom stereocenters. The Labute approximate surface area is 248 Å². The van der Waals surface area contributed by atoms with Crippen molar-refractivity contribution in [2.45, 2.75) is 59.3 Å². The first-order chi connectivity index (χ1) is 18.9. The van der Waals surface area contributed by atoms with E-state index < -0.39 is 5.92 Å². The molecule has 0 unspecified atom stereocenters. The number of nitrogens with one attached hydrogen (secondary N) is 2. The molecule has 7 nitrogen and oxygen atoms in total. The summed E-state index contributed by atoms with van der Waals surface area (Å²) in [5.74, 6) is 0.266. The second-order valence-electron chi connectivity index (χ2n) is 12.5. The van der Waals surface area contributed by atoms with Gasteiger partial charge in [0.1, 0.15) is 0 Å². The quantitative estimate of drug-likeness (QED) is 0.356. The molecule has 0 aromatic heterocycles. The lowest BCUT2D eigenvalue weighted by Crippen LogP contribution is -2.42. The second kappa shape index (κ2) is 10.7. The minimum atomic E-state index is -0.476. The Morgan fingerprint density at radius 3 is 2.08 bits per heavy atom. The van der Waals surface area contributed by atoms with Gasteiger partial charge in [-0.25, -0.2) is 0 Å². The predicted molar refractivity (Wildman–Crippen MR) is 162 cm³/mol. The van der Waals surface area contributed by atoms with Crippen LogP contribution in [0.4, 0.5) is 5.69 Å². The monoisotopic (exact) mass is 654 g/mol. The lowest BCUT2D eigenvalue weighted by atomic mass is 9.64. The van der Waals surface area contributed by atoms with Gasteiger partial charge in [0.25, 0.3) is 5.91 Å². The van der Waals surface area contributed by atoms with Crippen LogP contribution in [-0.2, 0) is 14.4 Å². The molecule has 0 fully saturated rings. The van der Waals surface area contributed by atoms with Crippen molar-refractivity contribution in [3.05, 3.63) is 74.1 Å². The fourth-order valence-corrected chi connectivity index (χ4v) is 6.91. The van der Waals surface area contributed by atoms with Crippen LogP contribution < -0.4 is 20.1 Å². The van der Waals surface area contributed by atoms with Crippen LogP contribution in [0.3, 0.4) is 0 Å². The van der Waals surface area contributed by atoms with Crippen LogP contribution >= 0.6 is 22.6 Å². The van der Waals surface area contributed by atoms with Gasteiger partial charge in [0, 0.05) is 47.0 Å². The number of dihydropyridines is 1. The first kappa shape index (κ1) is 28.4. The summed E-state index contributed by atoms with van der Waals surface area (Å²) in [6.07, 6.45) is 2.33. The lowest BCUT2D eigenvalue weighted by Gasteiger charge is -2.44. The van der Waals surface area contributed by atoms with Crippen LogP contribution in [0.5, 0.6) is 11.5 Å². The van der Waals surface area contributed by atoms with Gasteiger partial charge >= 0.3 is 0 Å². The third-order valence-electron chi connectivity index (χ3n) is 7.71. The highest BCUT2D eigenvalue weighted by Crippen LogP contribution is 2.52. The second-order valence-corrected chi connectivity index (χ2v) is 13.6. The van der Waals surface area contributed by atoms with E-state index in [2.05, 4.69) is 60.9 Å². The molecule has 5 rings (SSSR count). The maximum absolute atomic E-state index is 13.6. The standard InChI is InChI=1S/C32H35IN2O5/c1-31(2)13-21-28(23(36)15-31)27(29-22(35-21)14-32(3,4)16-24(29)37)18-11-20(33)30(25(12-18)39-5)40-17-26(38)34-19-9-7-6-8-10-19/h6-12,27,35H,13-17H2,1-5H3,(H,34,38). The van der Waals surface area contributed by atoms with Crippen molar-refractivity contribution in [3.8, 4) is 11.5 Å². The molecule has 1 amide bonds. The number of Topliss-reactive ketones (excluding diaryl/α,β-unsaturated/α-hetero) is 2. The van der Waals surface area contributed by atoms with Crippen LogP contribution in [0.25, 0.3) is 0 Å². The van der Waals surface area contributed by atoms with Crippen molar-refractivity contribution in [2.24, 2.45) is 10.8 Å². The topological polar surface area (TPSA) is 93.7 Å². The number of allylic oxidation sites excluding steroid dienone is 4. The van der Waals surface area contributed by atoms with Gasteiger partial charge in [-0.3, -0.25) is 14.4 Å². The van der Waals surface area contributed by atoms with E-state index in [0.29, 0.717) is 41.2 Å². The minimum absolute atomic E-state index is 0.0693. The highest BCUT2D eigenvalue weighted by Gasteiger charge is 2.46. The van der Waals surface area contributed by atoms with Crippen molar-refractivity contribution < 1.29 is 23.9 Å². The number of ketones is 2. The van der Waals surface area contributed by atoms with E-state index in [1.165, 1.54) is 0 Å². The SMILES string of the molecule is COc1cc(C2C3=C(CC(C)(C)CC3=O)NC3=C2C(=O)CC(C)(C)C3)cc(I)c1OCC(=O)Nc1ccccc1. The molecule has 0 bridgehead atoms. The normalized spacial score (nSPS) is 19.9. The number of halogens is 1. The summed E-state index contributed by atoms with van der Waals surface area (Å²) in [7, 11) is 1.55. The molecule has 2 aliphatic carbocycles. The first-order valence-corrected chi connectivity index (χ1v) is 14.6. The molecule has 0 spiro atoms. The number of methoxy groups -OCH3 is 1. The van der Waals surface area contributed by atoms with Gasteiger partial charge in [-0.15, -0.1) is 0 Å². The van der Waals surface area contributed by atoms with E-state index in [9.17, 15) is 14.4 Å². The summed E-state index contributed by atoms with van der Waals surface area (Å²) < 4.78 is 12.4. The zero-order valence-corrected chi connectivity index (χ0v) is 25.7. The van der Waals surface area contributed by atoms with Crippen LogP contribution in [-0.4, -0.2) is 31.2 Å². The highest BCUT2D eigenvalue weighted by atomic mass is 127. The van der Waals surface area contributed by atoms with Gasteiger partial charge in [-0.2, -0.15) is 0 Å². The number of hydrogen-bond donors (Lipinski definition) is 2. The number of carbonyl (C=O) groups is 3. The molecule has 3 aliphatic rings. The van der Waals surface area contributed by atoms with Crippen molar-refractivity contribution in [3.63, 3.8) is 0 Å². The Morgan fingerprint density at radius 2 is 1.52 bits per heavy atom. The van der Waals surface area contributed by atoms with E-state index in [1.807, 2.05) is 42.5 Å². The van der Waals surface area contributed by atoms with E-state index >= 15 is 0 Å². The largest absolute Gasteiger partial charge is 0.493 e. The van der Waals surface area contributed by atoms with Crippen molar-refractivity contribution in [1.29, 1.82) is 0 Å². The van der Waals surface area contributed by atoms with Crippen LogP contribution in [0.2, 0.25) is 0 Å². The fourth-order valence-electron chi connectivity index (χ4n) is 6.12. The van der Waals surface area contributed by atoms with Gasteiger partial charge in [-0.05, 0) is 76.1 Å². The summed E-state index contributed by atoms with van der Waals surface area (Å²) in [5, 5.41) is 6.37. The van der Waals surface area contributed by atoms with Crippen molar-refractivity contribution in [2.75, 3.05) is 19.0 Å². The van der Waals surface area contributed by atoms with E-state index in [1.54, 1.807) is 7.11 Å². The predicted octanol–water partition coefficient (Wildman–Crippen LogP) is 6.29. The van der Waals surface area contributed by atoms with Gasteiger partial charge in [0.05, 0.1) is 10.7 Å². The Bertz CT molecular complexity index is 1400. The number of benzene rings is 2. The Balaban J connectivity index is 1.52. The molecule has 0 radical (unpaired) electrons. The number of amides is 1. The number of rotatable bonds is 6. The van der Waals surface area contributed by atoms with Crippen LogP contribution in [0, 0.1) is 14.4 Å². The average Bonchev–Trinajstić information content (AvgIpc) is 2.85. The summed E-state index contributed by atoms with van der Waals surface area (Å²) in [4.78, 5) is 39.8. The van der Waals surface area contributed by atoms with Crippen LogP contribution in [0.15, 0.2) is 65.0 Å². The molecule has 2 aromatic carbocycles. The Morgan fingerprint density at radius 1 is 0.950 bits per heavy atom. The Kier molecular flexibility index (Phi) is 7.58. The van der Waals surface area contributed by atoms with E-state index in [0.717, 1.165) is 33.4 Å². The molecule has 1 aliphatic heterocycles. The summed E-state index contributed by atoms with van der Waals surface area (Å²) in [6.45, 7) is 8.24. The molecule has 0 saturated heterocycles. The molecule has 2 N–H and O–H groups in total. The molecular weight excluding hydrogens is 619 g/mol. The first-order valence-electron chi connectivity index (χ1n) is 13.5. The molecule has 0 saturated carbocycles. The number of hydrogen-bond acceptors (Lipinski definition) is 6. The third kappa shape index (κ3) is 5.68. The smallest absolute Gasteiger partial charge is 0.262 e. The maximum Gasteiger partial charge on any atom is 0.262 e. The third-order valence-corrected chi connectivity index (χ3v) is 8.51. The fraction of sp³-hybridized carbons (Fsp3) is 0.406. The van der Waals surface area contributed by atoms with Gasteiger partial charge in [0.2, 0.25) is 0 Å². The number of carbonyl (C=O) groups excluding carboxylic acids is 3. The summed E-state index contributed by atoms with van der Waals surface area (Å²) >= 11 is 2.16. The average molecular weight is 655 g/mol. The minimum Gasteiger partial charge on any atom is -0.493 e. The molecular formula is C32H35IN2O5. The Hall–Kier alpha value is -3.14. The van der Waals surface area contributed by atoms with Gasteiger partial charge < -0.3 is 20.1 Å². The molecule has 1 heterocycles. The number of para-hydroxylation sites is 1. The molecule has 2 aromatic rings. The summed E-state index contributed by atoms with van der Waals surface area (Å²) in [6, 6.07) is 13.0. The zero-order valence-electron chi connectivity index (χ0n) is 23.6. The maximum atomic E-state index is 13.6. The zero-order chi connectivity index (χ0) is 28.8.